The van der Waals surface area contributed by atoms with E-state index in [2.05, 4.69) is 26.6 Å². The van der Waals surface area contributed by atoms with Crippen LogP contribution in [0.15, 0.2) is 22.7 Å². The summed E-state index contributed by atoms with van der Waals surface area (Å²) < 4.78 is 0.937. The van der Waals surface area contributed by atoms with E-state index >= 15 is 0 Å². The van der Waals surface area contributed by atoms with Crippen LogP contribution in [0.5, 0.6) is 0 Å². The smallest absolute Gasteiger partial charge is 0.221 e. The average molecular weight is 306 g/mol. The molecule has 0 saturated heterocycles. The number of hydrogen-bond acceptors (Lipinski definition) is 2. The van der Waals surface area contributed by atoms with E-state index in [-0.39, 0.29) is 5.91 Å². The van der Waals surface area contributed by atoms with Gasteiger partial charge in [-0.15, -0.1) is 0 Å². The molecular weight excluding hydrogens is 291 g/mol. The molecule has 1 aromatic carbocycles. The third-order valence-corrected chi connectivity index (χ3v) is 2.78. The first-order chi connectivity index (χ1) is 7.63. The van der Waals surface area contributed by atoms with Gasteiger partial charge in [0, 0.05) is 24.0 Å². The predicted octanol–water partition coefficient (Wildman–Crippen LogP) is 3.04. The number of carbonyl (C=O) groups excluding carboxylic acids is 1. The molecule has 0 bridgehead atoms. The van der Waals surface area contributed by atoms with Gasteiger partial charge in [-0.25, -0.2) is 0 Å². The van der Waals surface area contributed by atoms with Crippen molar-refractivity contribution in [3.8, 4) is 0 Å². The van der Waals surface area contributed by atoms with Gasteiger partial charge in [0.15, 0.2) is 0 Å². The van der Waals surface area contributed by atoms with Crippen molar-refractivity contribution in [1.82, 2.24) is 5.32 Å². The van der Waals surface area contributed by atoms with Gasteiger partial charge in [-0.1, -0.05) is 27.5 Å². The number of nitrogens with one attached hydrogen (secondary N) is 2. The lowest BCUT2D eigenvalue weighted by atomic mass is 10.3. The summed E-state index contributed by atoms with van der Waals surface area (Å²) in [7, 11) is 0. The molecule has 2 N–H and O–H groups in total. The maximum Gasteiger partial charge on any atom is 0.221 e. The number of amides is 1. The molecule has 0 aromatic heterocycles. The quantitative estimate of drug-likeness (QED) is 0.878. The molecule has 5 heteroatoms. The van der Waals surface area contributed by atoms with Gasteiger partial charge in [0.1, 0.15) is 0 Å². The fraction of sp³-hybridized carbons (Fsp3) is 0.364. The van der Waals surface area contributed by atoms with Crippen LogP contribution in [0.25, 0.3) is 0 Å². The molecule has 16 heavy (non-hydrogen) atoms. The zero-order valence-corrected chi connectivity index (χ0v) is 11.4. The van der Waals surface area contributed by atoms with Crippen molar-refractivity contribution < 1.29 is 4.79 Å². The highest BCUT2D eigenvalue weighted by Gasteiger charge is 2.02. The van der Waals surface area contributed by atoms with Crippen LogP contribution in [-0.2, 0) is 4.79 Å². The molecule has 0 atom stereocenters. The van der Waals surface area contributed by atoms with Crippen LogP contribution in [0.3, 0.4) is 0 Å². The van der Waals surface area contributed by atoms with E-state index in [0.717, 1.165) is 10.2 Å². The standard InChI is InChI=1S/C11H14BrClN2O/c1-2-14-11(16)5-6-15-10-4-3-8(12)7-9(10)13/h3-4,7,15H,2,5-6H2,1H3,(H,14,16). The highest BCUT2D eigenvalue weighted by atomic mass is 79.9. The molecule has 0 aliphatic heterocycles. The number of anilines is 1. The van der Waals surface area contributed by atoms with Crippen molar-refractivity contribution in [3.05, 3.63) is 27.7 Å². The third kappa shape index (κ3) is 4.41. The fourth-order valence-electron chi connectivity index (χ4n) is 1.23. The fourth-order valence-corrected chi connectivity index (χ4v) is 1.97. The van der Waals surface area contributed by atoms with Crippen LogP contribution in [0, 0.1) is 0 Å². The first-order valence-corrected chi connectivity index (χ1v) is 6.26. The second-order valence-corrected chi connectivity index (χ2v) is 4.58. The number of halogens is 2. The topological polar surface area (TPSA) is 41.1 Å². The summed E-state index contributed by atoms with van der Waals surface area (Å²) in [4.78, 5) is 11.2. The van der Waals surface area contributed by atoms with Gasteiger partial charge in [0.05, 0.1) is 10.7 Å². The lowest BCUT2D eigenvalue weighted by Gasteiger charge is -2.08. The van der Waals surface area contributed by atoms with Gasteiger partial charge in [0.2, 0.25) is 5.91 Å². The monoisotopic (exact) mass is 304 g/mol. The molecule has 0 fully saturated rings. The van der Waals surface area contributed by atoms with E-state index in [9.17, 15) is 4.79 Å². The molecule has 0 unspecified atom stereocenters. The van der Waals surface area contributed by atoms with E-state index in [1.807, 2.05) is 25.1 Å². The van der Waals surface area contributed by atoms with Crippen molar-refractivity contribution in [3.63, 3.8) is 0 Å². The van der Waals surface area contributed by atoms with Crippen LogP contribution in [-0.4, -0.2) is 19.0 Å². The first kappa shape index (κ1) is 13.3. The number of hydrogen-bond donors (Lipinski definition) is 2. The molecule has 0 aliphatic carbocycles. The minimum atomic E-state index is 0.0447. The van der Waals surface area contributed by atoms with Crippen molar-refractivity contribution in [1.29, 1.82) is 0 Å². The van der Waals surface area contributed by atoms with E-state index in [1.165, 1.54) is 0 Å². The molecule has 0 saturated carbocycles. The summed E-state index contributed by atoms with van der Waals surface area (Å²) in [6.45, 7) is 3.14. The summed E-state index contributed by atoms with van der Waals surface area (Å²) in [6, 6.07) is 5.60. The summed E-state index contributed by atoms with van der Waals surface area (Å²) in [5, 5.41) is 6.50. The molecule has 1 aromatic rings. The highest BCUT2D eigenvalue weighted by molar-refractivity contribution is 9.10. The minimum absolute atomic E-state index is 0.0447. The molecule has 0 heterocycles. The summed E-state index contributed by atoms with van der Waals surface area (Å²) in [5.74, 6) is 0.0447. The molecule has 88 valence electrons. The normalized spacial score (nSPS) is 9.94. The van der Waals surface area contributed by atoms with Gasteiger partial charge in [-0.05, 0) is 25.1 Å². The molecule has 1 rings (SSSR count). The van der Waals surface area contributed by atoms with E-state index in [4.69, 9.17) is 11.6 Å². The first-order valence-electron chi connectivity index (χ1n) is 5.09. The maximum atomic E-state index is 11.2. The molecule has 0 spiro atoms. The molecular formula is C11H14BrClN2O. The number of benzene rings is 1. The van der Waals surface area contributed by atoms with Crippen molar-refractivity contribution in [2.45, 2.75) is 13.3 Å². The lowest BCUT2D eigenvalue weighted by molar-refractivity contribution is -0.120. The number of carbonyl (C=O) groups is 1. The Morgan fingerprint density at radius 2 is 2.25 bits per heavy atom. The highest BCUT2D eigenvalue weighted by Crippen LogP contribution is 2.25. The Bertz CT molecular complexity index is 371. The number of rotatable bonds is 5. The van der Waals surface area contributed by atoms with E-state index in [1.54, 1.807) is 0 Å². The van der Waals surface area contributed by atoms with Crippen LogP contribution < -0.4 is 10.6 Å². The van der Waals surface area contributed by atoms with E-state index < -0.39 is 0 Å². The second-order valence-electron chi connectivity index (χ2n) is 3.25. The van der Waals surface area contributed by atoms with Crippen LogP contribution >= 0.6 is 27.5 Å². The molecule has 1 amide bonds. The Morgan fingerprint density at radius 1 is 1.50 bits per heavy atom. The summed E-state index contributed by atoms with van der Waals surface area (Å²) >= 11 is 9.34. The Morgan fingerprint density at radius 3 is 2.88 bits per heavy atom. The zero-order chi connectivity index (χ0) is 12.0. The maximum absolute atomic E-state index is 11.2. The van der Waals surface area contributed by atoms with Crippen LogP contribution in [0.2, 0.25) is 5.02 Å². The second kappa shape index (κ2) is 6.76. The predicted molar refractivity (Wildman–Crippen MR) is 70.9 cm³/mol. The average Bonchev–Trinajstić information content (AvgIpc) is 2.22. The molecule has 0 aliphatic rings. The van der Waals surface area contributed by atoms with Crippen LogP contribution in [0.1, 0.15) is 13.3 Å². The zero-order valence-electron chi connectivity index (χ0n) is 9.02. The lowest BCUT2D eigenvalue weighted by Crippen LogP contribution is -2.24. The van der Waals surface area contributed by atoms with Crippen molar-refractivity contribution in [2.24, 2.45) is 0 Å². The van der Waals surface area contributed by atoms with Gasteiger partial charge in [0.25, 0.3) is 0 Å². The SMILES string of the molecule is CCNC(=O)CCNc1ccc(Br)cc1Cl. The summed E-state index contributed by atoms with van der Waals surface area (Å²) in [5.41, 5.74) is 0.842. The van der Waals surface area contributed by atoms with Gasteiger partial charge in [-0.2, -0.15) is 0 Å². The largest absolute Gasteiger partial charge is 0.383 e. The Hall–Kier alpha value is -0.740. The molecule has 0 radical (unpaired) electrons. The Labute approximate surface area is 109 Å². The summed E-state index contributed by atoms with van der Waals surface area (Å²) in [6.07, 6.45) is 0.445. The van der Waals surface area contributed by atoms with Gasteiger partial charge in [-0.3, -0.25) is 4.79 Å². The van der Waals surface area contributed by atoms with Crippen molar-refractivity contribution in [2.75, 3.05) is 18.4 Å². The third-order valence-electron chi connectivity index (χ3n) is 1.97. The van der Waals surface area contributed by atoms with Gasteiger partial charge < -0.3 is 10.6 Å². The minimum Gasteiger partial charge on any atom is -0.383 e. The van der Waals surface area contributed by atoms with Crippen LogP contribution in [0.4, 0.5) is 5.69 Å². The van der Waals surface area contributed by atoms with E-state index in [0.29, 0.717) is 24.5 Å². The Balaban J connectivity index is 2.40. The molecule has 3 nitrogen and oxygen atoms in total. The Kier molecular flexibility index (Phi) is 5.63. The van der Waals surface area contributed by atoms with Gasteiger partial charge >= 0.3 is 0 Å². The van der Waals surface area contributed by atoms with Crippen molar-refractivity contribution >= 4 is 39.1 Å².